The Morgan fingerprint density at radius 3 is 1.47 bits per heavy atom. The van der Waals surface area contributed by atoms with E-state index in [0.29, 0.717) is 0 Å². The van der Waals surface area contributed by atoms with E-state index in [-0.39, 0.29) is 5.41 Å². The van der Waals surface area contributed by atoms with Crippen LogP contribution in [0.3, 0.4) is 0 Å². The van der Waals surface area contributed by atoms with Gasteiger partial charge in [-0.2, -0.15) is 0 Å². The molecule has 0 fully saturated rings. The van der Waals surface area contributed by atoms with Crippen molar-refractivity contribution >= 4 is 43.1 Å². The van der Waals surface area contributed by atoms with E-state index in [0.717, 1.165) is 0 Å². The van der Waals surface area contributed by atoms with Gasteiger partial charge in [0.2, 0.25) is 0 Å². The van der Waals surface area contributed by atoms with Gasteiger partial charge in [-0.15, -0.1) is 0 Å². The van der Waals surface area contributed by atoms with Gasteiger partial charge in [-0.1, -0.05) is 135 Å². The van der Waals surface area contributed by atoms with Gasteiger partial charge in [0, 0.05) is 5.41 Å². The fourth-order valence-electron chi connectivity index (χ4n) is 5.92. The Bertz CT molecular complexity index is 1720. The second-order valence-corrected chi connectivity index (χ2v) is 10.1. The van der Waals surface area contributed by atoms with Crippen molar-refractivity contribution in [2.45, 2.75) is 67.2 Å². The molecule has 6 aromatic rings. The highest BCUT2D eigenvalue weighted by Crippen LogP contribution is 2.55. The zero-order valence-corrected chi connectivity index (χ0v) is 24.4. The van der Waals surface area contributed by atoms with Gasteiger partial charge in [0.15, 0.2) is 0 Å². The second-order valence-electron chi connectivity index (χ2n) is 10.1. The molecule has 0 nitrogen and oxygen atoms in total. The van der Waals surface area contributed by atoms with Crippen LogP contribution in [0, 0.1) is 0 Å². The van der Waals surface area contributed by atoms with Gasteiger partial charge in [0.1, 0.15) is 0 Å². The first-order chi connectivity index (χ1) is 18.5. The number of rotatable bonds is 0. The normalized spacial score (nSPS) is 12.5. The maximum absolute atomic E-state index is 2.45. The standard InChI is InChI=1S/C31H22.C3H8.2C2H6/c1-31(2)28-18-22-16-20-10-4-3-9-19(20)15-21(22)17-27(28)29-25-13-7-5-11-23(25)24-12-6-8-14-26(24)30(29)31;1-3-2;2*1-2/h3-18H,1-2H3;3H2,1-2H3;2*1-2H3. The first-order valence-corrected chi connectivity index (χ1v) is 14.5. The van der Waals surface area contributed by atoms with Crippen molar-refractivity contribution in [3.63, 3.8) is 0 Å². The summed E-state index contributed by atoms with van der Waals surface area (Å²) >= 11 is 0. The summed E-state index contributed by atoms with van der Waals surface area (Å²) in [6, 6.07) is 36.1. The highest BCUT2D eigenvalue weighted by Gasteiger charge is 2.38. The molecule has 0 saturated heterocycles. The van der Waals surface area contributed by atoms with Crippen LogP contribution in [-0.2, 0) is 5.41 Å². The van der Waals surface area contributed by atoms with Crippen LogP contribution in [0.4, 0.5) is 0 Å². The molecule has 0 saturated carbocycles. The molecule has 0 unspecified atom stereocenters. The molecule has 0 heteroatoms. The summed E-state index contributed by atoms with van der Waals surface area (Å²) in [4.78, 5) is 0. The lowest BCUT2D eigenvalue weighted by Crippen LogP contribution is -2.15. The van der Waals surface area contributed by atoms with Crippen LogP contribution >= 0.6 is 0 Å². The molecule has 1 aliphatic carbocycles. The summed E-state index contributed by atoms with van der Waals surface area (Å²) in [6.07, 6.45) is 1.25. The molecule has 0 heterocycles. The molecular formula is C38H42. The molecule has 0 atom stereocenters. The lowest BCUT2D eigenvalue weighted by Gasteiger charge is -2.24. The van der Waals surface area contributed by atoms with Crippen molar-refractivity contribution in [2.75, 3.05) is 0 Å². The first-order valence-electron chi connectivity index (χ1n) is 14.5. The van der Waals surface area contributed by atoms with E-state index in [4.69, 9.17) is 0 Å². The largest absolute Gasteiger partial charge is 0.0683 e. The van der Waals surface area contributed by atoms with Crippen molar-refractivity contribution in [3.05, 3.63) is 108 Å². The van der Waals surface area contributed by atoms with Crippen LogP contribution in [0.5, 0.6) is 0 Å². The lowest BCUT2D eigenvalue weighted by atomic mass is 9.79. The van der Waals surface area contributed by atoms with Crippen molar-refractivity contribution in [1.82, 2.24) is 0 Å². The molecule has 0 aliphatic heterocycles. The van der Waals surface area contributed by atoms with E-state index in [1.807, 2.05) is 27.7 Å². The summed E-state index contributed by atoms with van der Waals surface area (Å²) in [5.41, 5.74) is 5.67. The van der Waals surface area contributed by atoms with Crippen molar-refractivity contribution in [3.8, 4) is 11.1 Å². The Kier molecular flexibility index (Phi) is 8.22. The third-order valence-corrected chi connectivity index (χ3v) is 7.34. The molecule has 0 aromatic heterocycles. The van der Waals surface area contributed by atoms with Gasteiger partial charge in [0.05, 0.1) is 0 Å². The average Bonchev–Trinajstić information content (AvgIpc) is 3.20. The van der Waals surface area contributed by atoms with Gasteiger partial charge in [0.25, 0.3) is 0 Å². The number of fused-ring (bicyclic) bond motifs is 10. The van der Waals surface area contributed by atoms with E-state index in [2.05, 4.69) is 125 Å². The van der Waals surface area contributed by atoms with Crippen LogP contribution in [-0.4, -0.2) is 0 Å². The van der Waals surface area contributed by atoms with E-state index in [1.165, 1.54) is 71.8 Å². The Labute approximate surface area is 229 Å². The quantitative estimate of drug-likeness (QED) is 0.144. The molecule has 0 radical (unpaired) electrons. The first kappa shape index (κ1) is 27.4. The number of hydrogen-bond donors (Lipinski definition) is 0. The highest BCUT2D eigenvalue weighted by atomic mass is 14.4. The molecule has 194 valence electrons. The predicted molar refractivity (Wildman–Crippen MR) is 173 cm³/mol. The van der Waals surface area contributed by atoms with Crippen LogP contribution < -0.4 is 0 Å². The summed E-state index contributed by atoms with van der Waals surface area (Å²) in [5.74, 6) is 0. The van der Waals surface area contributed by atoms with Gasteiger partial charge < -0.3 is 0 Å². The van der Waals surface area contributed by atoms with Crippen LogP contribution in [0.15, 0.2) is 97.1 Å². The molecule has 0 N–H and O–H groups in total. The zero-order chi connectivity index (χ0) is 27.4. The molecule has 0 spiro atoms. The van der Waals surface area contributed by atoms with Gasteiger partial charge in [-0.3, -0.25) is 0 Å². The monoisotopic (exact) mass is 498 g/mol. The predicted octanol–water partition coefficient (Wildman–Crippen LogP) is 12.1. The summed E-state index contributed by atoms with van der Waals surface area (Å²) in [7, 11) is 0. The molecule has 1 aliphatic rings. The minimum absolute atomic E-state index is 0.0475. The fourth-order valence-corrected chi connectivity index (χ4v) is 5.92. The second kappa shape index (κ2) is 11.4. The molecule has 0 bridgehead atoms. The Morgan fingerprint density at radius 2 is 0.921 bits per heavy atom. The molecule has 6 aromatic carbocycles. The van der Waals surface area contributed by atoms with Crippen LogP contribution in [0.1, 0.15) is 72.9 Å². The van der Waals surface area contributed by atoms with Gasteiger partial charge in [-0.05, 0) is 89.6 Å². The number of benzene rings is 6. The van der Waals surface area contributed by atoms with E-state index >= 15 is 0 Å². The lowest BCUT2D eigenvalue weighted by molar-refractivity contribution is 0.667. The molecule has 38 heavy (non-hydrogen) atoms. The maximum atomic E-state index is 2.45. The topological polar surface area (TPSA) is 0 Å². The third kappa shape index (κ3) is 4.37. The Balaban J connectivity index is 0.000000443. The molecule has 0 amide bonds. The minimum atomic E-state index is -0.0475. The maximum Gasteiger partial charge on any atom is 0.0165 e. The van der Waals surface area contributed by atoms with Crippen LogP contribution in [0.25, 0.3) is 54.2 Å². The van der Waals surface area contributed by atoms with Gasteiger partial charge in [-0.25, -0.2) is 0 Å². The van der Waals surface area contributed by atoms with Crippen molar-refractivity contribution in [1.29, 1.82) is 0 Å². The van der Waals surface area contributed by atoms with E-state index in [1.54, 1.807) is 0 Å². The Hall–Kier alpha value is -3.64. The Morgan fingerprint density at radius 1 is 0.500 bits per heavy atom. The van der Waals surface area contributed by atoms with Gasteiger partial charge >= 0.3 is 0 Å². The summed E-state index contributed by atoms with van der Waals surface area (Å²) < 4.78 is 0. The fraction of sp³-hybridized carbons (Fsp3) is 0.263. The zero-order valence-electron chi connectivity index (χ0n) is 24.4. The van der Waals surface area contributed by atoms with Crippen LogP contribution in [0.2, 0.25) is 0 Å². The van der Waals surface area contributed by atoms with Crippen molar-refractivity contribution in [2.24, 2.45) is 0 Å². The SMILES string of the molecule is CC.CC.CC1(C)c2cc3cc4ccccc4cc3cc2-c2c1c1ccccc1c1ccccc21.CCC. The minimum Gasteiger partial charge on any atom is -0.0683 e. The smallest absolute Gasteiger partial charge is 0.0165 e. The molecule has 7 rings (SSSR count). The number of hydrogen-bond acceptors (Lipinski definition) is 0. The highest BCUT2D eigenvalue weighted by molar-refractivity contribution is 6.19. The van der Waals surface area contributed by atoms with E-state index in [9.17, 15) is 0 Å². The summed E-state index contributed by atoms with van der Waals surface area (Å²) in [6.45, 7) is 17.0. The summed E-state index contributed by atoms with van der Waals surface area (Å²) in [5, 5.41) is 10.7. The van der Waals surface area contributed by atoms with Crippen molar-refractivity contribution < 1.29 is 0 Å². The molecular weight excluding hydrogens is 456 g/mol. The average molecular weight is 499 g/mol. The van der Waals surface area contributed by atoms with E-state index < -0.39 is 0 Å². The third-order valence-electron chi connectivity index (χ3n) is 7.34.